The first-order chi connectivity index (χ1) is 7.67. The highest BCUT2D eigenvalue weighted by Gasteiger charge is 2.34. The van der Waals surface area contributed by atoms with Gasteiger partial charge in [-0.3, -0.25) is 0 Å². The fourth-order valence-corrected chi connectivity index (χ4v) is 2.89. The summed E-state index contributed by atoms with van der Waals surface area (Å²) in [6.45, 7) is 17.8. The van der Waals surface area contributed by atoms with Gasteiger partial charge in [0.25, 0.3) is 0 Å². The van der Waals surface area contributed by atoms with E-state index in [4.69, 9.17) is 0 Å². The Hall–Kier alpha value is -0.0400. The van der Waals surface area contributed by atoms with Crippen molar-refractivity contribution in [3.63, 3.8) is 0 Å². The highest BCUT2D eigenvalue weighted by Crippen LogP contribution is 2.39. The van der Waals surface area contributed by atoms with E-state index < -0.39 is 0 Å². The van der Waals surface area contributed by atoms with Gasteiger partial charge in [0.15, 0.2) is 0 Å². The molecule has 0 N–H and O–H groups in total. The highest BCUT2D eigenvalue weighted by atomic mass is 15.2. The summed E-state index contributed by atoms with van der Waals surface area (Å²) < 4.78 is 0. The van der Waals surface area contributed by atoms with E-state index >= 15 is 0 Å². The maximum absolute atomic E-state index is 2.52. The summed E-state index contributed by atoms with van der Waals surface area (Å²) in [6, 6.07) is 0. The summed E-state index contributed by atoms with van der Waals surface area (Å²) in [5.41, 5.74) is 0.739. The van der Waals surface area contributed by atoms with Gasteiger partial charge < -0.3 is 4.90 Å². The molecule has 0 aliphatic rings. The van der Waals surface area contributed by atoms with Gasteiger partial charge in [-0.15, -0.1) is 0 Å². The van der Waals surface area contributed by atoms with E-state index in [1.807, 2.05) is 0 Å². The molecule has 0 saturated heterocycles. The molecule has 1 atom stereocenters. The Morgan fingerprint density at radius 3 is 1.94 bits per heavy atom. The van der Waals surface area contributed by atoms with Gasteiger partial charge in [0.2, 0.25) is 0 Å². The molecule has 104 valence electrons. The van der Waals surface area contributed by atoms with Crippen molar-refractivity contribution >= 4 is 0 Å². The molecule has 0 heterocycles. The van der Waals surface area contributed by atoms with E-state index in [2.05, 4.69) is 60.4 Å². The largest absolute Gasteiger partial charge is 0.301 e. The second-order valence-electron chi connectivity index (χ2n) is 7.09. The van der Waals surface area contributed by atoms with Crippen molar-refractivity contribution in [2.45, 2.75) is 79.7 Å². The minimum atomic E-state index is 0.307. The third-order valence-corrected chi connectivity index (χ3v) is 4.54. The SMILES string of the molecule is CCCC(C)C(C)(C)CC(C)(C)N(C)CCC. The normalized spacial score (nSPS) is 15.4. The van der Waals surface area contributed by atoms with Crippen LogP contribution in [-0.2, 0) is 0 Å². The standard InChI is InChI=1S/C16H35N/c1-9-11-14(3)15(4,5)13-16(6,7)17(8)12-10-2/h14H,9-13H2,1-8H3. The Balaban J connectivity index is 4.56. The topological polar surface area (TPSA) is 3.24 Å². The van der Waals surface area contributed by atoms with Gasteiger partial charge >= 0.3 is 0 Å². The van der Waals surface area contributed by atoms with Gasteiger partial charge in [-0.25, -0.2) is 0 Å². The predicted octanol–water partition coefficient (Wildman–Crippen LogP) is 4.96. The van der Waals surface area contributed by atoms with Crippen LogP contribution < -0.4 is 0 Å². The number of hydrogen-bond acceptors (Lipinski definition) is 1. The van der Waals surface area contributed by atoms with Crippen LogP contribution >= 0.6 is 0 Å². The van der Waals surface area contributed by atoms with Crippen molar-refractivity contribution in [1.82, 2.24) is 4.90 Å². The van der Waals surface area contributed by atoms with Crippen molar-refractivity contribution in [3.8, 4) is 0 Å². The van der Waals surface area contributed by atoms with Gasteiger partial charge in [-0.1, -0.05) is 47.5 Å². The van der Waals surface area contributed by atoms with E-state index in [0.29, 0.717) is 11.0 Å². The lowest BCUT2D eigenvalue weighted by Gasteiger charge is -2.44. The van der Waals surface area contributed by atoms with Crippen LogP contribution in [0.25, 0.3) is 0 Å². The summed E-state index contributed by atoms with van der Waals surface area (Å²) >= 11 is 0. The molecule has 1 unspecified atom stereocenters. The summed E-state index contributed by atoms with van der Waals surface area (Å²) in [6.07, 6.45) is 5.17. The van der Waals surface area contributed by atoms with Gasteiger partial charge in [-0.05, 0) is 51.6 Å². The first kappa shape index (κ1) is 17.0. The molecular formula is C16H35N. The molecule has 0 aromatic carbocycles. The van der Waals surface area contributed by atoms with Gasteiger partial charge in [0, 0.05) is 5.54 Å². The van der Waals surface area contributed by atoms with Crippen LogP contribution in [0.5, 0.6) is 0 Å². The molecule has 0 aliphatic heterocycles. The van der Waals surface area contributed by atoms with Crippen LogP contribution in [0, 0.1) is 11.3 Å². The van der Waals surface area contributed by atoms with Crippen LogP contribution in [0.1, 0.15) is 74.1 Å². The van der Waals surface area contributed by atoms with Crippen molar-refractivity contribution in [3.05, 3.63) is 0 Å². The molecule has 0 amide bonds. The number of rotatable bonds is 8. The molecule has 0 aromatic rings. The lowest BCUT2D eigenvalue weighted by atomic mass is 9.70. The summed E-state index contributed by atoms with van der Waals surface area (Å²) in [5, 5.41) is 0. The molecule has 0 aromatic heterocycles. The van der Waals surface area contributed by atoms with E-state index in [-0.39, 0.29) is 0 Å². The third-order valence-electron chi connectivity index (χ3n) is 4.54. The zero-order chi connectivity index (χ0) is 13.7. The number of hydrogen-bond donors (Lipinski definition) is 0. The minimum Gasteiger partial charge on any atom is -0.301 e. The zero-order valence-corrected chi connectivity index (χ0v) is 13.6. The van der Waals surface area contributed by atoms with Crippen LogP contribution in [0.15, 0.2) is 0 Å². The third kappa shape index (κ3) is 5.42. The molecule has 1 heteroatoms. The average Bonchev–Trinajstić information content (AvgIpc) is 2.16. The molecular weight excluding hydrogens is 206 g/mol. The van der Waals surface area contributed by atoms with E-state index in [0.717, 1.165) is 5.92 Å². The molecule has 0 saturated carbocycles. The quantitative estimate of drug-likeness (QED) is 0.580. The predicted molar refractivity (Wildman–Crippen MR) is 79.5 cm³/mol. The minimum absolute atomic E-state index is 0.307. The molecule has 0 radical (unpaired) electrons. The first-order valence-corrected chi connectivity index (χ1v) is 7.38. The molecule has 1 nitrogen and oxygen atoms in total. The summed E-state index contributed by atoms with van der Waals surface area (Å²) in [7, 11) is 2.27. The summed E-state index contributed by atoms with van der Waals surface area (Å²) in [5.74, 6) is 0.807. The molecule has 0 bridgehead atoms. The second-order valence-corrected chi connectivity index (χ2v) is 7.09. The van der Waals surface area contributed by atoms with Crippen molar-refractivity contribution in [1.29, 1.82) is 0 Å². The molecule has 17 heavy (non-hydrogen) atoms. The highest BCUT2D eigenvalue weighted by molar-refractivity contribution is 4.88. The zero-order valence-electron chi connectivity index (χ0n) is 13.6. The lowest BCUT2D eigenvalue weighted by Crippen LogP contribution is -2.45. The maximum atomic E-state index is 2.52. The van der Waals surface area contributed by atoms with Gasteiger partial charge in [0.1, 0.15) is 0 Å². The monoisotopic (exact) mass is 241 g/mol. The van der Waals surface area contributed by atoms with Crippen LogP contribution in [0.2, 0.25) is 0 Å². The molecule has 0 fully saturated rings. The van der Waals surface area contributed by atoms with Crippen molar-refractivity contribution in [2.75, 3.05) is 13.6 Å². The fraction of sp³-hybridized carbons (Fsp3) is 1.00. The van der Waals surface area contributed by atoms with Gasteiger partial charge in [0.05, 0.1) is 0 Å². The summed E-state index contributed by atoms with van der Waals surface area (Å²) in [4.78, 5) is 2.52. The Kier molecular flexibility index (Phi) is 6.76. The Morgan fingerprint density at radius 1 is 1.00 bits per heavy atom. The van der Waals surface area contributed by atoms with Crippen LogP contribution in [0.4, 0.5) is 0 Å². The fourth-order valence-electron chi connectivity index (χ4n) is 2.89. The van der Waals surface area contributed by atoms with Crippen molar-refractivity contribution < 1.29 is 0 Å². The van der Waals surface area contributed by atoms with E-state index in [1.54, 1.807) is 0 Å². The Labute approximate surface area is 110 Å². The van der Waals surface area contributed by atoms with E-state index in [1.165, 1.54) is 32.2 Å². The molecule has 0 rings (SSSR count). The van der Waals surface area contributed by atoms with Crippen molar-refractivity contribution in [2.24, 2.45) is 11.3 Å². The smallest absolute Gasteiger partial charge is 0.0155 e. The first-order valence-electron chi connectivity index (χ1n) is 7.38. The van der Waals surface area contributed by atoms with Crippen LogP contribution in [-0.4, -0.2) is 24.0 Å². The number of nitrogens with zero attached hydrogens (tertiary/aromatic N) is 1. The van der Waals surface area contributed by atoms with E-state index in [9.17, 15) is 0 Å². The Bertz CT molecular complexity index is 184. The molecule has 0 aliphatic carbocycles. The van der Waals surface area contributed by atoms with Crippen LogP contribution in [0.3, 0.4) is 0 Å². The lowest BCUT2D eigenvalue weighted by molar-refractivity contribution is 0.0666. The average molecular weight is 241 g/mol. The van der Waals surface area contributed by atoms with Gasteiger partial charge in [-0.2, -0.15) is 0 Å². The second kappa shape index (κ2) is 6.78. The molecule has 0 spiro atoms. The Morgan fingerprint density at radius 2 is 1.53 bits per heavy atom. The maximum Gasteiger partial charge on any atom is 0.0155 e.